The molecule has 0 spiro atoms. The second-order valence-electron chi connectivity index (χ2n) is 4.49. The van der Waals surface area contributed by atoms with Crippen LogP contribution in [0.5, 0.6) is 5.75 Å². The van der Waals surface area contributed by atoms with Crippen molar-refractivity contribution in [2.75, 3.05) is 7.11 Å². The Morgan fingerprint density at radius 3 is 2.74 bits per heavy atom. The molecule has 6 nitrogen and oxygen atoms in total. The van der Waals surface area contributed by atoms with E-state index in [1.807, 2.05) is 24.3 Å². The van der Waals surface area contributed by atoms with Crippen molar-refractivity contribution >= 4 is 5.91 Å². The molecule has 19 heavy (non-hydrogen) atoms. The molecular weight excluding hydrogens is 244 g/mol. The topological polar surface area (TPSA) is 69.0 Å². The average Bonchev–Trinajstić information content (AvgIpc) is 3.11. The predicted octanol–water partition coefficient (Wildman–Crippen LogP) is 1.17. The van der Waals surface area contributed by atoms with Gasteiger partial charge in [-0.05, 0) is 37.1 Å². The zero-order valence-corrected chi connectivity index (χ0v) is 10.5. The molecule has 0 unspecified atom stereocenters. The highest BCUT2D eigenvalue weighted by molar-refractivity contribution is 5.92. The summed E-state index contributed by atoms with van der Waals surface area (Å²) in [7, 11) is 1.62. The van der Waals surface area contributed by atoms with Gasteiger partial charge in [-0.3, -0.25) is 4.79 Å². The summed E-state index contributed by atoms with van der Waals surface area (Å²) in [5, 5.41) is 10.7. The number of ether oxygens (including phenoxy) is 1. The number of nitrogens with one attached hydrogen (secondary N) is 1. The largest absolute Gasteiger partial charge is 0.497 e. The van der Waals surface area contributed by atoms with Crippen molar-refractivity contribution in [3.8, 4) is 11.4 Å². The van der Waals surface area contributed by atoms with E-state index in [2.05, 4.69) is 15.6 Å². The number of rotatable bonds is 4. The van der Waals surface area contributed by atoms with Crippen molar-refractivity contribution in [2.24, 2.45) is 0 Å². The van der Waals surface area contributed by atoms with E-state index in [9.17, 15) is 4.79 Å². The summed E-state index contributed by atoms with van der Waals surface area (Å²) in [6.07, 6.45) is 3.73. The molecule has 3 rings (SSSR count). The van der Waals surface area contributed by atoms with Crippen molar-refractivity contribution < 1.29 is 9.53 Å². The van der Waals surface area contributed by atoms with Crippen LogP contribution in [-0.4, -0.2) is 34.1 Å². The van der Waals surface area contributed by atoms with Gasteiger partial charge in [-0.1, -0.05) is 5.21 Å². The standard InChI is InChI=1S/C13H14N4O2/c1-19-11-6-4-10(5-7-11)17-8-12(15-16-17)13(18)14-9-2-3-9/h4-9H,2-3H2,1H3,(H,14,18). The van der Waals surface area contributed by atoms with Crippen LogP contribution in [0, 0.1) is 0 Å². The third-order valence-corrected chi connectivity index (χ3v) is 2.98. The fraction of sp³-hybridized carbons (Fsp3) is 0.308. The average molecular weight is 258 g/mol. The lowest BCUT2D eigenvalue weighted by atomic mass is 10.3. The third-order valence-electron chi connectivity index (χ3n) is 2.98. The molecule has 0 saturated heterocycles. The molecule has 1 aliphatic carbocycles. The van der Waals surface area contributed by atoms with Crippen LogP contribution in [0.3, 0.4) is 0 Å². The van der Waals surface area contributed by atoms with Gasteiger partial charge in [-0.15, -0.1) is 5.10 Å². The summed E-state index contributed by atoms with van der Waals surface area (Å²) in [6, 6.07) is 7.70. The first-order chi connectivity index (χ1) is 9.26. The monoisotopic (exact) mass is 258 g/mol. The molecule has 0 bridgehead atoms. The summed E-state index contributed by atoms with van der Waals surface area (Å²) >= 11 is 0. The van der Waals surface area contributed by atoms with Crippen molar-refractivity contribution in [3.05, 3.63) is 36.2 Å². The van der Waals surface area contributed by atoms with E-state index in [-0.39, 0.29) is 5.91 Å². The van der Waals surface area contributed by atoms with E-state index < -0.39 is 0 Å². The molecule has 1 saturated carbocycles. The minimum absolute atomic E-state index is 0.165. The van der Waals surface area contributed by atoms with Gasteiger partial charge in [0, 0.05) is 6.04 Å². The lowest BCUT2D eigenvalue weighted by Crippen LogP contribution is -2.25. The van der Waals surface area contributed by atoms with Crippen LogP contribution in [0.25, 0.3) is 5.69 Å². The van der Waals surface area contributed by atoms with Gasteiger partial charge in [0.1, 0.15) is 5.75 Å². The van der Waals surface area contributed by atoms with Crippen molar-refractivity contribution in [1.29, 1.82) is 0 Å². The van der Waals surface area contributed by atoms with Gasteiger partial charge in [0.25, 0.3) is 5.91 Å². The van der Waals surface area contributed by atoms with Gasteiger partial charge in [-0.25, -0.2) is 4.68 Å². The van der Waals surface area contributed by atoms with E-state index in [0.29, 0.717) is 11.7 Å². The van der Waals surface area contributed by atoms with Gasteiger partial charge < -0.3 is 10.1 Å². The fourth-order valence-corrected chi connectivity index (χ4v) is 1.72. The highest BCUT2D eigenvalue weighted by Gasteiger charge is 2.25. The van der Waals surface area contributed by atoms with Crippen molar-refractivity contribution in [3.63, 3.8) is 0 Å². The maximum absolute atomic E-state index is 11.8. The molecule has 1 aromatic carbocycles. The van der Waals surface area contributed by atoms with Crippen LogP contribution in [0.2, 0.25) is 0 Å². The Morgan fingerprint density at radius 2 is 2.11 bits per heavy atom. The van der Waals surface area contributed by atoms with Gasteiger partial charge in [-0.2, -0.15) is 0 Å². The van der Waals surface area contributed by atoms with E-state index in [0.717, 1.165) is 24.3 Å². The molecule has 1 amide bonds. The molecule has 1 heterocycles. The maximum atomic E-state index is 11.8. The first-order valence-corrected chi connectivity index (χ1v) is 6.14. The molecule has 1 N–H and O–H groups in total. The first-order valence-electron chi connectivity index (χ1n) is 6.14. The van der Waals surface area contributed by atoms with E-state index >= 15 is 0 Å². The molecule has 98 valence electrons. The van der Waals surface area contributed by atoms with Gasteiger partial charge >= 0.3 is 0 Å². The number of carbonyl (C=O) groups excluding carboxylic acids is 1. The number of benzene rings is 1. The highest BCUT2D eigenvalue weighted by atomic mass is 16.5. The first kappa shape index (κ1) is 11.7. The Hall–Kier alpha value is -2.37. The van der Waals surface area contributed by atoms with Crippen LogP contribution in [0.1, 0.15) is 23.3 Å². The van der Waals surface area contributed by atoms with E-state index in [4.69, 9.17) is 4.74 Å². The number of hydrogen-bond donors (Lipinski definition) is 1. The summed E-state index contributed by atoms with van der Waals surface area (Å²) in [5.41, 5.74) is 1.17. The molecule has 1 aromatic heterocycles. The van der Waals surface area contributed by atoms with Crippen LogP contribution >= 0.6 is 0 Å². The minimum atomic E-state index is -0.165. The lowest BCUT2D eigenvalue weighted by molar-refractivity contribution is 0.0946. The predicted molar refractivity (Wildman–Crippen MR) is 68.4 cm³/mol. The van der Waals surface area contributed by atoms with Crippen molar-refractivity contribution in [1.82, 2.24) is 20.3 Å². The number of methoxy groups -OCH3 is 1. The van der Waals surface area contributed by atoms with Gasteiger partial charge in [0.05, 0.1) is 19.0 Å². The molecule has 2 aromatic rings. The number of carbonyl (C=O) groups is 1. The molecule has 6 heteroatoms. The number of hydrogen-bond acceptors (Lipinski definition) is 4. The second-order valence-corrected chi connectivity index (χ2v) is 4.49. The zero-order chi connectivity index (χ0) is 13.2. The van der Waals surface area contributed by atoms with Crippen LogP contribution in [0.15, 0.2) is 30.5 Å². The Kier molecular flexibility index (Phi) is 2.91. The van der Waals surface area contributed by atoms with Gasteiger partial charge in [0.15, 0.2) is 5.69 Å². The SMILES string of the molecule is COc1ccc(-n2cc(C(=O)NC3CC3)nn2)cc1. The second kappa shape index (κ2) is 4.72. The Labute approximate surface area is 110 Å². The zero-order valence-electron chi connectivity index (χ0n) is 10.5. The molecule has 1 fully saturated rings. The Balaban J connectivity index is 1.77. The van der Waals surface area contributed by atoms with Crippen LogP contribution < -0.4 is 10.1 Å². The normalized spacial score (nSPS) is 14.2. The summed E-state index contributed by atoms with van der Waals surface area (Å²) < 4.78 is 6.66. The maximum Gasteiger partial charge on any atom is 0.273 e. The van der Waals surface area contributed by atoms with Gasteiger partial charge in [0.2, 0.25) is 0 Å². The molecule has 0 atom stereocenters. The summed E-state index contributed by atoms with van der Waals surface area (Å²) in [5.74, 6) is 0.609. The Bertz CT molecular complexity index is 587. The minimum Gasteiger partial charge on any atom is -0.497 e. The lowest BCUT2D eigenvalue weighted by Gasteiger charge is -2.02. The summed E-state index contributed by atoms with van der Waals surface area (Å²) in [6.45, 7) is 0. The summed E-state index contributed by atoms with van der Waals surface area (Å²) in [4.78, 5) is 11.8. The van der Waals surface area contributed by atoms with E-state index in [1.54, 1.807) is 18.0 Å². The molecular formula is C13H14N4O2. The fourth-order valence-electron chi connectivity index (χ4n) is 1.72. The molecule has 0 aliphatic heterocycles. The number of aromatic nitrogens is 3. The Morgan fingerprint density at radius 1 is 1.37 bits per heavy atom. The van der Waals surface area contributed by atoms with Crippen molar-refractivity contribution in [2.45, 2.75) is 18.9 Å². The number of amides is 1. The van der Waals surface area contributed by atoms with Crippen LogP contribution in [0.4, 0.5) is 0 Å². The van der Waals surface area contributed by atoms with Crippen LogP contribution in [-0.2, 0) is 0 Å². The molecule has 0 radical (unpaired) electrons. The van der Waals surface area contributed by atoms with E-state index in [1.165, 1.54) is 0 Å². The third kappa shape index (κ3) is 2.57. The quantitative estimate of drug-likeness (QED) is 0.893. The smallest absolute Gasteiger partial charge is 0.273 e. The number of nitrogens with zero attached hydrogens (tertiary/aromatic N) is 3. The highest BCUT2D eigenvalue weighted by Crippen LogP contribution is 2.19. The molecule has 1 aliphatic rings.